The number of amides is 1. The molecular weight excluding hydrogens is 356 g/mol. The number of hydrogen-bond acceptors (Lipinski definition) is 5. The van der Waals surface area contributed by atoms with E-state index in [1.807, 2.05) is 6.92 Å². The molecule has 2 aromatic rings. The van der Waals surface area contributed by atoms with Crippen molar-refractivity contribution in [3.05, 3.63) is 48.0 Å². The molecule has 0 unspecified atom stereocenters. The van der Waals surface area contributed by atoms with Crippen LogP contribution in [-0.2, 0) is 10.0 Å². The van der Waals surface area contributed by atoms with Crippen molar-refractivity contribution in [1.82, 2.24) is 4.72 Å². The van der Waals surface area contributed by atoms with Gasteiger partial charge in [-0.1, -0.05) is 13.0 Å². The lowest BCUT2D eigenvalue weighted by Crippen LogP contribution is -2.24. The summed E-state index contributed by atoms with van der Waals surface area (Å²) in [5, 5.41) is 2.72. The smallest absolute Gasteiger partial charge is 0.255 e. The molecule has 2 aromatic carbocycles. The first-order chi connectivity index (χ1) is 12.4. The molecule has 0 bridgehead atoms. The molecule has 0 fully saturated rings. The van der Waals surface area contributed by atoms with Gasteiger partial charge in [0.25, 0.3) is 5.91 Å². The van der Waals surface area contributed by atoms with Crippen LogP contribution in [0.4, 0.5) is 5.69 Å². The fourth-order valence-corrected chi connectivity index (χ4v) is 3.41. The predicted molar refractivity (Wildman–Crippen MR) is 99.4 cm³/mol. The molecule has 26 heavy (non-hydrogen) atoms. The Balaban J connectivity index is 2.27. The lowest BCUT2D eigenvalue weighted by Gasteiger charge is -2.12. The summed E-state index contributed by atoms with van der Waals surface area (Å²) in [5.74, 6) is 0.567. The average molecular weight is 378 g/mol. The maximum Gasteiger partial charge on any atom is 0.255 e. The van der Waals surface area contributed by atoms with E-state index in [1.165, 1.54) is 32.4 Å². The summed E-state index contributed by atoms with van der Waals surface area (Å²) in [6.45, 7) is 2.20. The molecule has 0 saturated heterocycles. The van der Waals surface area contributed by atoms with Gasteiger partial charge in [0.15, 0.2) is 0 Å². The first kappa shape index (κ1) is 19.7. The molecule has 2 N–H and O–H groups in total. The van der Waals surface area contributed by atoms with Gasteiger partial charge >= 0.3 is 0 Å². The van der Waals surface area contributed by atoms with Crippen LogP contribution in [-0.4, -0.2) is 35.1 Å². The minimum atomic E-state index is -3.65. The van der Waals surface area contributed by atoms with Gasteiger partial charge in [-0.2, -0.15) is 0 Å². The van der Waals surface area contributed by atoms with E-state index in [-0.39, 0.29) is 10.5 Å². The van der Waals surface area contributed by atoms with Gasteiger partial charge in [0.2, 0.25) is 10.0 Å². The molecule has 0 heterocycles. The molecule has 7 nitrogen and oxygen atoms in total. The van der Waals surface area contributed by atoms with E-state index >= 15 is 0 Å². The summed E-state index contributed by atoms with van der Waals surface area (Å²) in [7, 11) is -0.640. The molecule has 1 amide bonds. The van der Waals surface area contributed by atoms with Crippen molar-refractivity contribution in [3.63, 3.8) is 0 Å². The van der Waals surface area contributed by atoms with Crippen LogP contribution >= 0.6 is 0 Å². The largest absolute Gasteiger partial charge is 0.497 e. The topological polar surface area (TPSA) is 93.7 Å². The molecule has 0 aliphatic heterocycles. The fourth-order valence-electron chi connectivity index (χ4n) is 2.23. The molecule has 8 heteroatoms. The standard InChI is InChI=1S/C18H22N2O5S/c1-4-10-19-26(22,23)15-7-5-6-13(11-15)18(21)20-16-12-14(24-2)8-9-17(16)25-3/h5-9,11-12,19H,4,10H2,1-3H3,(H,20,21). The number of anilines is 1. The van der Waals surface area contributed by atoms with Crippen LogP contribution in [0.15, 0.2) is 47.4 Å². The fraction of sp³-hybridized carbons (Fsp3) is 0.278. The number of rotatable bonds is 8. The van der Waals surface area contributed by atoms with Crippen LogP contribution in [0.25, 0.3) is 0 Å². The van der Waals surface area contributed by atoms with E-state index in [0.29, 0.717) is 30.2 Å². The second kappa shape index (κ2) is 8.68. The van der Waals surface area contributed by atoms with Gasteiger partial charge in [-0.05, 0) is 36.8 Å². The molecule has 0 atom stereocenters. The van der Waals surface area contributed by atoms with Crippen LogP contribution < -0.4 is 19.5 Å². The number of methoxy groups -OCH3 is 2. The van der Waals surface area contributed by atoms with Crippen molar-refractivity contribution in [2.45, 2.75) is 18.2 Å². The minimum Gasteiger partial charge on any atom is -0.497 e. The molecular formula is C18H22N2O5S. The number of benzene rings is 2. The summed E-state index contributed by atoms with van der Waals surface area (Å²) in [6.07, 6.45) is 0.676. The van der Waals surface area contributed by atoms with Crippen molar-refractivity contribution in [1.29, 1.82) is 0 Å². The second-order valence-electron chi connectivity index (χ2n) is 5.45. The number of sulfonamides is 1. The molecule has 0 spiro atoms. The molecule has 0 aliphatic rings. The van der Waals surface area contributed by atoms with Crippen LogP contribution in [0.1, 0.15) is 23.7 Å². The Bertz CT molecular complexity index is 881. The maximum atomic E-state index is 12.6. The zero-order valence-corrected chi connectivity index (χ0v) is 15.7. The highest BCUT2D eigenvalue weighted by Crippen LogP contribution is 2.29. The second-order valence-corrected chi connectivity index (χ2v) is 7.21. The van der Waals surface area contributed by atoms with E-state index in [2.05, 4.69) is 10.0 Å². The van der Waals surface area contributed by atoms with Gasteiger partial charge in [-0.15, -0.1) is 0 Å². The highest BCUT2D eigenvalue weighted by molar-refractivity contribution is 7.89. The Morgan fingerprint density at radius 1 is 1.08 bits per heavy atom. The van der Waals surface area contributed by atoms with E-state index in [0.717, 1.165) is 0 Å². The zero-order valence-electron chi connectivity index (χ0n) is 14.9. The van der Waals surface area contributed by atoms with Gasteiger partial charge in [0.1, 0.15) is 11.5 Å². The summed E-state index contributed by atoms with van der Waals surface area (Å²) in [4.78, 5) is 12.6. The van der Waals surface area contributed by atoms with Gasteiger partial charge < -0.3 is 14.8 Å². The molecule has 0 aromatic heterocycles. The quantitative estimate of drug-likeness (QED) is 0.736. The number of hydrogen-bond donors (Lipinski definition) is 2. The highest BCUT2D eigenvalue weighted by Gasteiger charge is 2.16. The van der Waals surface area contributed by atoms with Crippen molar-refractivity contribution in [3.8, 4) is 11.5 Å². The molecule has 0 saturated carbocycles. The predicted octanol–water partition coefficient (Wildman–Crippen LogP) is 2.64. The van der Waals surface area contributed by atoms with Gasteiger partial charge in [0, 0.05) is 18.2 Å². The highest BCUT2D eigenvalue weighted by atomic mass is 32.2. The normalized spacial score (nSPS) is 11.0. The van der Waals surface area contributed by atoms with Crippen LogP contribution in [0.3, 0.4) is 0 Å². The maximum absolute atomic E-state index is 12.6. The van der Waals surface area contributed by atoms with E-state index in [4.69, 9.17) is 9.47 Å². The van der Waals surface area contributed by atoms with Crippen LogP contribution in [0.5, 0.6) is 11.5 Å². The van der Waals surface area contributed by atoms with E-state index < -0.39 is 15.9 Å². The third kappa shape index (κ3) is 4.74. The third-order valence-corrected chi connectivity index (χ3v) is 5.06. The third-order valence-electron chi connectivity index (χ3n) is 3.60. The summed E-state index contributed by atoms with van der Waals surface area (Å²) in [5.41, 5.74) is 0.642. The Kier molecular flexibility index (Phi) is 6.59. The minimum absolute atomic E-state index is 0.0382. The first-order valence-corrected chi connectivity index (χ1v) is 9.52. The summed E-state index contributed by atoms with van der Waals surface area (Å²) < 4.78 is 37.3. The lowest BCUT2D eigenvalue weighted by atomic mass is 10.2. The average Bonchev–Trinajstić information content (AvgIpc) is 2.66. The van der Waals surface area contributed by atoms with Gasteiger partial charge in [-0.3, -0.25) is 4.79 Å². The van der Waals surface area contributed by atoms with Crippen LogP contribution in [0, 0.1) is 0 Å². The first-order valence-electron chi connectivity index (χ1n) is 8.04. The molecule has 2 rings (SSSR count). The Labute approximate surface area is 153 Å². The van der Waals surface area contributed by atoms with Crippen molar-refractivity contribution >= 4 is 21.6 Å². The SMILES string of the molecule is CCCNS(=O)(=O)c1cccc(C(=O)Nc2cc(OC)ccc2OC)c1. The molecule has 0 aliphatic carbocycles. The number of ether oxygens (including phenoxy) is 2. The van der Waals surface area contributed by atoms with E-state index in [1.54, 1.807) is 24.3 Å². The number of nitrogens with one attached hydrogen (secondary N) is 2. The van der Waals surface area contributed by atoms with Gasteiger partial charge in [0.05, 0.1) is 24.8 Å². The number of carbonyl (C=O) groups excluding carboxylic acids is 1. The Morgan fingerprint density at radius 3 is 2.50 bits per heavy atom. The summed E-state index contributed by atoms with van der Waals surface area (Å²) in [6, 6.07) is 10.9. The van der Waals surface area contributed by atoms with Crippen molar-refractivity contribution < 1.29 is 22.7 Å². The zero-order chi connectivity index (χ0) is 19.2. The lowest BCUT2D eigenvalue weighted by molar-refractivity contribution is 0.102. The number of carbonyl (C=O) groups is 1. The monoisotopic (exact) mass is 378 g/mol. The Hall–Kier alpha value is -2.58. The summed E-state index contributed by atoms with van der Waals surface area (Å²) >= 11 is 0. The van der Waals surface area contributed by atoms with Gasteiger partial charge in [-0.25, -0.2) is 13.1 Å². The Morgan fingerprint density at radius 2 is 1.85 bits per heavy atom. The van der Waals surface area contributed by atoms with Crippen molar-refractivity contribution in [2.24, 2.45) is 0 Å². The van der Waals surface area contributed by atoms with Crippen LogP contribution in [0.2, 0.25) is 0 Å². The molecule has 140 valence electrons. The molecule has 0 radical (unpaired) electrons. The van der Waals surface area contributed by atoms with E-state index in [9.17, 15) is 13.2 Å². The van der Waals surface area contributed by atoms with Crippen molar-refractivity contribution in [2.75, 3.05) is 26.1 Å².